The Morgan fingerprint density at radius 2 is 2.00 bits per heavy atom. The van der Waals surface area contributed by atoms with Crippen LogP contribution in [0.4, 0.5) is 11.5 Å². The average Bonchev–Trinajstić information content (AvgIpc) is 2.72. The number of rotatable bonds is 9. The first-order valence-corrected chi connectivity index (χ1v) is 7.63. The maximum absolute atomic E-state index is 11.3. The first-order valence-electron chi connectivity index (χ1n) is 7.63. The molecule has 0 aliphatic carbocycles. The van der Waals surface area contributed by atoms with Gasteiger partial charge < -0.3 is 10.2 Å². The van der Waals surface area contributed by atoms with Gasteiger partial charge in [-0.25, -0.2) is 4.68 Å². The Bertz CT molecular complexity index is 468. The predicted molar refractivity (Wildman–Crippen MR) is 84.7 cm³/mol. The molecule has 0 fully saturated rings. The molecule has 7 heteroatoms. The van der Waals surface area contributed by atoms with Crippen LogP contribution in [0.15, 0.2) is 0 Å². The van der Waals surface area contributed by atoms with Crippen LogP contribution in [-0.4, -0.2) is 45.3 Å². The molecule has 0 aliphatic rings. The van der Waals surface area contributed by atoms with Crippen molar-refractivity contribution in [1.82, 2.24) is 14.7 Å². The Kier molecular flexibility index (Phi) is 6.61. The van der Waals surface area contributed by atoms with E-state index >= 15 is 0 Å². The van der Waals surface area contributed by atoms with E-state index in [0.29, 0.717) is 17.9 Å². The molecule has 0 saturated carbocycles. The van der Waals surface area contributed by atoms with E-state index in [-0.39, 0.29) is 16.7 Å². The third-order valence-corrected chi connectivity index (χ3v) is 3.57. The molecular weight excluding hydrogens is 270 g/mol. The minimum Gasteiger partial charge on any atom is -0.361 e. The summed E-state index contributed by atoms with van der Waals surface area (Å²) >= 11 is 0. The molecule has 1 unspecified atom stereocenters. The van der Waals surface area contributed by atoms with Gasteiger partial charge in [0.2, 0.25) is 5.82 Å². The number of hydrogen-bond acceptors (Lipinski definition) is 5. The Labute approximate surface area is 126 Å². The molecule has 0 spiro atoms. The molecule has 0 radical (unpaired) electrons. The van der Waals surface area contributed by atoms with Crippen LogP contribution in [0, 0.1) is 10.1 Å². The van der Waals surface area contributed by atoms with Crippen molar-refractivity contribution >= 4 is 11.5 Å². The molecule has 1 aromatic heterocycles. The molecule has 7 nitrogen and oxygen atoms in total. The number of anilines is 1. The van der Waals surface area contributed by atoms with Crippen LogP contribution in [0.1, 0.15) is 39.8 Å². The van der Waals surface area contributed by atoms with Crippen molar-refractivity contribution in [3.8, 4) is 0 Å². The first kappa shape index (κ1) is 17.4. The maximum Gasteiger partial charge on any atom is 0.333 e. The van der Waals surface area contributed by atoms with Crippen LogP contribution in [0.5, 0.6) is 0 Å². The van der Waals surface area contributed by atoms with Gasteiger partial charge in [-0.05, 0) is 26.4 Å². The van der Waals surface area contributed by atoms with E-state index < -0.39 is 0 Å². The second-order valence-corrected chi connectivity index (χ2v) is 5.31. The van der Waals surface area contributed by atoms with Crippen molar-refractivity contribution < 1.29 is 4.92 Å². The fourth-order valence-electron chi connectivity index (χ4n) is 2.48. The molecule has 0 saturated heterocycles. The largest absolute Gasteiger partial charge is 0.361 e. The van der Waals surface area contributed by atoms with E-state index in [2.05, 4.69) is 29.2 Å². The van der Waals surface area contributed by atoms with Gasteiger partial charge in [-0.15, -0.1) is 0 Å². The second kappa shape index (κ2) is 7.97. The number of nitro groups is 1. The van der Waals surface area contributed by atoms with Crippen LogP contribution in [0.25, 0.3) is 0 Å². The second-order valence-electron chi connectivity index (χ2n) is 5.31. The topological polar surface area (TPSA) is 76.2 Å². The number of aromatic nitrogens is 2. The van der Waals surface area contributed by atoms with Gasteiger partial charge in [0.25, 0.3) is 0 Å². The van der Waals surface area contributed by atoms with Crippen molar-refractivity contribution in [1.29, 1.82) is 0 Å². The lowest BCUT2D eigenvalue weighted by Crippen LogP contribution is -2.35. The van der Waals surface area contributed by atoms with E-state index in [9.17, 15) is 10.1 Å². The van der Waals surface area contributed by atoms with Crippen LogP contribution < -0.4 is 5.32 Å². The van der Waals surface area contributed by atoms with E-state index in [1.165, 1.54) is 0 Å². The van der Waals surface area contributed by atoms with Crippen LogP contribution in [-0.2, 0) is 13.5 Å². The lowest BCUT2D eigenvalue weighted by Gasteiger charge is -2.23. The molecule has 1 N–H and O–H groups in total. The summed E-state index contributed by atoms with van der Waals surface area (Å²) in [6.07, 6.45) is 1.46. The molecule has 1 aromatic rings. The number of nitrogens with one attached hydrogen (secondary N) is 1. The van der Waals surface area contributed by atoms with Crippen molar-refractivity contribution in [2.75, 3.05) is 25.0 Å². The van der Waals surface area contributed by atoms with Crippen molar-refractivity contribution in [3.63, 3.8) is 0 Å². The Balaban J connectivity index is 2.94. The van der Waals surface area contributed by atoms with Crippen molar-refractivity contribution in [2.24, 2.45) is 7.05 Å². The van der Waals surface area contributed by atoms with Gasteiger partial charge in [-0.3, -0.25) is 10.1 Å². The molecule has 21 heavy (non-hydrogen) atoms. The highest BCUT2D eigenvalue weighted by Crippen LogP contribution is 2.29. The van der Waals surface area contributed by atoms with Gasteiger partial charge in [0, 0.05) is 19.6 Å². The highest BCUT2D eigenvalue weighted by Gasteiger charge is 2.27. The monoisotopic (exact) mass is 297 g/mol. The third-order valence-electron chi connectivity index (χ3n) is 3.57. The summed E-state index contributed by atoms with van der Waals surface area (Å²) in [5.41, 5.74) is 0.674. The summed E-state index contributed by atoms with van der Waals surface area (Å²) in [4.78, 5) is 13.3. The minimum absolute atomic E-state index is 0.116. The molecule has 0 aromatic carbocycles. The standard InChI is InChI=1S/C14H27N5O2/c1-6-9-12-13(19(20)21)14(17(5)16-12)15-11(4)10-18(7-2)8-3/h11,15H,6-10H2,1-5H3. The molecule has 0 aliphatic heterocycles. The number of nitrogens with zero attached hydrogens (tertiary/aromatic N) is 4. The van der Waals surface area contributed by atoms with Crippen molar-refractivity contribution in [2.45, 2.75) is 46.6 Å². The predicted octanol–water partition coefficient (Wildman–Crippen LogP) is 2.42. The minimum atomic E-state index is -0.329. The molecule has 0 amide bonds. The fourth-order valence-corrected chi connectivity index (χ4v) is 2.48. The average molecular weight is 297 g/mol. The molecule has 1 rings (SSSR count). The van der Waals surface area contributed by atoms with Gasteiger partial charge in [0.15, 0.2) is 0 Å². The summed E-state index contributed by atoms with van der Waals surface area (Å²) in [7, 11) is 1.75. The number of hydrogen-bond donors (Lipinski definition) is 1. The summed E-state index contributed by atoms with van der Waals surface area (Å²) in [6.45, 7) is 11.0. The highest BCUT2D eigenvalue weighted by molar-refractivity contribution is 5.60. The Morgan fingerprint density at radius 1 is 1.38 bits per heavy atom. The van der Waals surface area contributed by atoms with E-state index in [1.54, 1.807) is 11.7 Å². The maximum atomic E-state index is 11.3. The number of likely N-dealkylation sites (N-methyl/N-ethyl adjacent to an activating group) is 1. The molecule has 1 atom stereocenters. The summed E-state index contributed by atoms with van der Waals surface area (Å²) in [5.74, 6) is 0.503. The summed E-state index contributed by atoms with van der Waals surface area (Å²) in [5, 5.41) is 18.9. The fraction of sp³-hybridized carbons (Fsp3) is 0.786. The van der Waals surface area contributed by atoms with Gasteiger partial charge in [-0.1, -0.05) is 27.2 Å². The van der Waals surface area contributed by atoms with Gasteiger partial charge in [0.1, 0.15) is 5.69 Å². The highest BCUT2D eigenvalue weighted by atomic mass is 16.6. The smallest absolute Gasteiger partial charge is 0.333 e. The zero-order valence-corrected chi connectivity index (χ0v) is 13.7. The molecule has 1 heterocycles. The summed E-state index contributed by atoms with van der Waals surface area (Å²) in [6, 6.07) is 0.119. The number of aryl methyl sites for hydroxylation is 2. The first-order chi connectivity index (χ1) is 9.94. The quantitative estimate of drug-likeness (QED) is 0.559. The van der Waals surface area contributed by atoms with Gasteiger partial charge in [-0.2, -0.15) is 5.10 Å². The van der Waals surface area contributed by atoms with Gasteiger partial charge in [0.05, 0.1) is 4.92 Å². The third kappa shape index (κ3) is 4.42. The van der Waals surface area contributed by atoms with Crippen LogP contribution in [0.3, 0.4) is 0 Å². The van der Waals surface area contributed by atoms with E-state index in [4.69, 9.17) is 0 Å². The molecular formula is C14H27N5O2. The Morgan fingerprint density at radius 3 is 2.48 bits per heavy atom. The van der Waals surface area contributed by atoms with E-state index in [0.717, 1.165) is 26.1 Å². The lowest BCUT2D eigenvalue weighted by atomic mass is 10.2. The van der Waals surface area contributed by atoms with Crippen LogP contribution >= 0.6 is 0 Å². The van der Waals surface area contributed by atoms with Crippen LogP contribution in [0.2, 0.25) is 0 Å². The van der Waals surface area contributed by atoms with Gasteiger partial charge >= 0.3 is 5.69 Å². The Hall–Kier alpha value is -1.63. The van der Waals surface area contributed by atoms with E-state index in [1.807, 2.05) is 13.8 Å². The normalized spacial score (nSPS) is 12.7. The zero-order valence-electron chi connectivity index (χ0n) is 13.7. The molecule has 120 valence electrons. The lowest BCUT2D eigenvalue weighted by molar-refractivity contribution is -0.384. The zero-order chi connectivity index (χ0) is 16.0. The molecule has 0 bridgehead atoms. The SMILES string of the molecule is CCCc1nn(C)c(NC(C)CN(CC)CC)c1[N+](=O)[O-]. The summed E-state index contributed by atoms with van der Waals surface area (Å²) < 4.78 is 1.59. The van der Waals surface area contributed by atoms with Crippen molar-refractivity contribution in [3.05, 3.63) is 15.8 Å².